The van der Waals surface area contributed by atoms with Crippen LogP contribution in [0.4, 0.5) is 11.4 Å². The molecule has 0 aliphatic carbocycles. The van der Waals surface area contributed by atoms with E-state index in [1.54, 1.807) is 24.3 Å². The van der Waals surface area contributed by atoms with Gasteiger partial charge < -0.3 is 5.32 Å². The number of hydrogen-bond acceptors (Lipinski definition) is 4. The predicted molar refractivity (Wildman–Crippen MR) is 76.9 cm³/mol. The van der Waals surface area contributed by atoms with Gasteiger partial charge in [-0.25, -0.2) is 0 Å². The second-order valence-corrected chi connectivity index (χ2v) is 4.32. The zero-order chi connectivity index (χ0) is 15.4. The van der Waals surface area contributed by atoms with Crippen LogP contribution < -0.4 is 5.32 Å². The molecular weight excluding hydrogens is 270 g/mol. The van der Waals surface area contributed by atoms with Crippen molar-refractivity contribution in [1.29, 1.82) is 5.26 Å². The topological polar surface area (TPSA) is 96.0 Å². The molecule has 2 aromatic carbocycles. The fourth-order valence-electron chi connectivity index (χ4n) is 1.95. The lowest BCUT2D eigenvalue weighted by atomic mass is 10.1. The Kier molecular flexibility index (Phi) is 3.95. The van der Waals surface area contributed by atoms with Crippen LogP contribution in [0.3, 0.4) is 0 Å². The van der Waals surface area contributed by atoms with Gasteiger partial charge in [0.15, 0.2) is 0 Å². The van der Waals surface area contributed by atoms with Crippen molar-refractivity contribution in [3.8, 4) is 6.07 Å². The third-order valence-corrected chi connectivity index (χ3v) is 3.04. The van der Waals surface area contributed by atoms with Gasteiger partial charge >= 0.3 is 0 Å². The molecule has 0 saturated heterocycles. The maximum absolute atomic E-state index is 12.2. The van der Waals surface area contributed by atoms with Crippen LogP contribution in [0.15, 0.2) is 42.5 Å². The molecule has 0 atom stereocenters. The van der Waals surface area contributed by atoms with E-state index in [1.807, 2.05) is 6.07 Å². The van der Waals surface area contributed by atoms with Crippen LogP contribution in [0.2, 0.25) is 0 Å². The average molecular weight is 281 g/mol. The highest BCUT2D eigenvalue weighted by Crippen LogP contribution is 2.22. The fraction of sp³-hybridized carbons (Fsp3) is 0.0667. The second kappa shape index (κ2) is 5.84. The van der Waals surface area contributed by atoms with Gasteiger partial charge in [0.1, 0.15) is 6.07 Å². The molecular formula is C15H11N3O3. The van der Waals surface area contributed by atoms with E-state index < -0.39 is 10.8 Å². The first-order valence-corrected chi connectivity index (χ1v) is 6.09. The molecule has 0 fully saturated rings. The SMILES string of the molecule is Cc1c(C(=O)Nc2ccccc2C#N)cccc1[N+](=O)[O-]. The van der Waals surface area contributed by atoms with Crippen LogP contribution in [-0.4, -0.2) is 10.8 Å². The molecule has 0 radical (unpaired) electrons. The number of anilines is 1. The van der Waals surface area contributed by atoms with Gasteiger partial charge in [-0.2, -0.15) is 5.26 Å². The molecule has 0 spiro atoms. The Labute approximate surface area is 120 Å². The van der Waals surface area contributed by atoms with E-state index in [0.29, 0.717) is 11.3 Å². The van der Waals surface area contributed by atoms with E-state index in [2.05, 4.69) is 5.32 Å². The molecule has 21 heavy (non-hydrogen) atoms. The van der Waals surface area contributed by atoms with Gasteiger partial charge in [-0.05, 0) is 25.1 Å². The Morgan fingerprint density at radius 1 is 1.24 bits per heavy atom. The summed E-state index contributed by atoms with van der Waals surface area (Å²) in [6, 6.07) is 12.8. The van der Waals surface area contributed by atoms with E-state index in [-0.39, 0.29) is 16.8 Å². The molecule has 6 heteroatoms. The number of hydrogen-bond donors (Lipinski definition) is 1. The maximum atomic E-state index is 12.2. The molecule has 2 aromatic rings. The van der Waals surface area contributed by atoms with Crippen LogP contribution in [0.25, 0.3) is 0 Å². The number of amides is 1. The molecule has 0 aromatic heterocycles. The van der Waals surface area contributed by atoms with Crippen molar-refractivity contribution < 1.29 is 9.72 Å². The summed E-state index contributed by atoms with van der Waals surface area (Å²) >= 11 is 0. The fourth-order valence-corrected chi connectivity index (χ4v) is 1.95. The smallest absolute Gasteiger partial charge is 0.273 e. The molecule has 0 bridgehead atoms. The number of carbonyl (C=O) groups excluding carboxylic acids is 1. The highest BCUT2D eigenvalue weighted by Gasteiger charge is 2.18. The van der Waals surface area contributed by atoms with Crippen LogP contribution in [-0.2, 0) is 0 Å². The molecule has 0 heterocycles. The van der Waals surface area contributed by atoms with Gasteiger partial charge in [-0.1, -0.05) is 18.2 Å². The minimum atomic E-state index is -0.532. The molecule has 0 aliphatic rings. The third-order valence-electron chi connectivity index (χ3n) is 3.04. The van der Waals surface area contributed by atoms with Crippen molar-refractivity contribution in [2.75, 3.05) is 5.32 Å². The van der Waals surface area contributed by atoms with E-state index in [4.69, 9.17) is 5.26 Å². The van der Waals surface area contributed by atoms with Crippen LogP contribution in [0.1, 0.15) is 21.5 Å². The highest BCUT2D eigenvalue weighted by atomic mass is 16.6. The number of nitriles is 1. The number of nitro groups is 1. The Hall–Kier alpha value is -3.20. The molecule has 104 valence electrons. The summed E-state index contributed by atoms with van der Waals surface area (Å²) in [5.41, 5.74) is 1.08. The quantitative estimate of drug-likeness (QED) is 0.690. The second-order valence-electron chi connectivity index (χ2n) is 4.32. The Morgan fingerprint density at radius 3 is 2.62 bits per heavy atom. The van der Waals surface area contributed by atoms with Crippen molar-refractivity contribution >= 4 is 17.3 Å². The van der Waals surface area contributed by atoms with E-state index in [1.165, 1.54) is 25.1 Å². The zero-order valence-electron chi connectivity index (χ0n) is 11.2. The van der Waals surface area contributed by atoms with Gasteiger partial charge in [0.05, 0.1) is 16.2 Å². The highest BCUT2D eigenvalue weighted by molar-refractivity contribution is 6.06. The molecule has 6 nitrogen and oxygen atoms in total. The lowest BCUT2D eigenvalue weighted by Crippen LogP contribution is -2.14. The maximum Gasteiger partial charge on any atom is 0.273 e. The van der Waals surface area contributed by atoms with Crippen molar-refractivity contribution in [2.24, 2.45) is 0 Å². The summed E-state index contributed by atoms with van der Waals surface area (Å²) in [7, 11) is 0. The minimum absolute atomic E-state index is 0.115. The zero-order valence-corrected chi connectivity index (χ0v) is 11.2. The number of nitro benzene ring substituents is 1. The largest absolute Gasteiger partial charge is 0.321 e. The van der Waals surface area contributed by atoms with Gasteiger partial charge in [0, 0.05) is 17.2 Å². The van der Waals surface area contributed by atoms with Gasteiger partial charge in [0.25, 0.3) is 11.6 Å². The predicted octanol–water partition coefficient (Wildman–Crippen LogP) is 3.03. The number of rotatable bonds is 3. The standard InChI is InChI=1S/C15H11N3O3/c1-10-12(6-4-8-14(10)18(20)21)15(19)17-13-7-3-2-5-11(13)9-16/h2-8H,1H3,(H,17,19). The number of benzene rings is 2. The van der Waals surface area contributed by atoms with Gasteiger partial charge in [-0.3, -0.25) is 14.9 Å². The molecule has 0 saturated carbocycles. The molecule has 2 rings (SSSR count). The monoisotopic (exact) mass is 281 g/mol. The Morgan fingerprint density at radius 2 is 1.95 bits per heavy atom. The van der Waals surface area contributed by atoms with Crippen LogP contribution in [0, 0.1) is 28.4 Å². The van der Waals surface area contributed by atoms with Gasteiger partial charge in [-0.15, -0.1) is 0 Å². The number of para-hydroxylation sites is 1. The Bertz CT molecular complexity index is 763. The first kappa shape index (κ1) is 14.2. The van der Waals surface area contributed by atoms with E-state index >= 15 is 0 Å². The van der Waals surface area contributed by atoms with Crippen molar-refractivity contribution in [2.45, 2.75) is 6.92 Å². The van der Waals surface area contributed by atoms with E-state index in [9.17, 15) is 14.9 Å². The summed E-state index contributed by atoms with van der Waals surface area (Å²) < 4.78 is 0. The third kappa shape index (κ3) is 2.87. The molecule has 1 amide bonds. The average Bonchev–Trinajstić information content (AvgIpc) is 2.47. The van der Waals surface area contributed by atoms with Crippen molar-refractivity contribution in [3.63, 3.8) is 0 Å². The number of nitrogens with one attached hydrogen (secondary N) is 1. The lowest BCUT2D eigenvalue weighted by Gasteiger charge is -2.09. The summed E-state index contributed by atoms with van der Waals surface area (Å²) in [6.45, 7) is 1.52. The van der Waals surface area contributed by atoms with Crippen LogP contribution >= 0.6 is 0 Å². The normalized spacial score (nSPS) is 9.71. The summed E-state index contributed by atoms with van der Waals surface area (Å²) in [4.78, 5) is 22.6. The van der Waals surface area contributed by atoms with Crippen LogP contribution in [0.5, 0.6) is 0 Å². The van der Waals surface area contributed by atoms with Crippen molar-refractivity contribution in [1.82, 2.24) is 0 Å². The van der Waals surface area contributed by atoms with Gasteiger partial charge in [0.2, 0.25) is 0 Å². The summed E-state index contributed by atoms with van der Waals surface area (Å²) in [6.07, 6.45) is 0. The molecule has 0 unspecified atom stereocenters. The number of nitrogens with zero attached hydrogens (tertiary/aromatic N) is 2. The molecule has 0 aliphatic heterocycles. The summed E-state index contributed by atoms with van der Waals surface area (Å²) in [5.74, 6) is -0.487. The van der Waals surface area contributed by atoms with E-state index in [0.717, 1.165) is 0 Å². The first-order valence-electron chi connectivity index (χ1n) is 6.09. The first-order chi connectivity index (χ1) is 10.0. The lowest BCUT2D eigenvalue weighted by molar-refractivity contribution is -0.385. The van der Waals surface area contributed by atoms with Crippen molar-refractivity contribution in [3.05, 3.63) is 69.3 Å². The minimum Gasteiger partial charge on any atom is -0.321 e. The Balaban J connectivity index is 2.36. The molecule has 1 N–H and O–H groups in total. The number of carbonyl (C=O) groups is 1. The summed E-state index contributed by atoms with van der Waals surface area (Å²) in [5, 5.41) is 22.5.